The number of hydrogen-bond donors (Lipinski definition) is 2. The van der Waals surface area contributed by atoms with E-state index in [2.05, 4.69) is 20.3 Å². The van der Waals surface area contributed by atoms with Gasteiger partial charge < -0.3 is 11.1 Å². The number of nitrogens with two attached hydrogens (primary N) is 1. The highest BCUT2D eigenvalue weighted by Crippen LogP contribution is 2.13. The molecule has 1 amide bonds. The first kappa shape index (κ1) is 11.8. The van der Waals surface area contributed by atoms with E-state index in [1.807, 2.05) is 0 Å². The van der Waals surface area contributed by atoms with Crippen molar-refractivity contribution < 1.29 is 17.8 Å². The molecule has 1 aromatic rings. The van der Waals surface area contributed by atoms with E-state index in [9.17, 15) is 13.2 Å². The van der Waals surface area contributed by atoms with Crippen LogP contribution in [0.5, 0.6) is 0 Å². The number of carbonyl (C=O) groups excluding carboxylic acids is 1. The van der Waals surface area contributed by atoms with E-state index in [0.29, 0.717) is 12.8 Å². The molecule has 0 radical (unpaired) electrons. The fourth-order valence-corrected chi connectivity index (χ4v) is 3.13. The number of sulfone groups is 1. The number of nitrogen functional groups attached to an aromatic ring is 1. The number of aromatic nitrogens is 2. The third-order valence-corrected chi connectivity index (χ3v) is 4.33. The predicted octanol–water partition coefficient (Wildman–Crippen LogP) is -1.04. The molecule has 3 N–H and O–H groups in total. The van der Waals surface area contributed by atoms with Crippen molar-refractivity contribution in [2.45, 2.75) is 18.9 Å². The van der Waals surface area contributed by atoms with Gasteiger partial charge >= 0.3 is 0 Å². The van der Waals surface area contributed by atoms with E-state index in [-0.39, 0.29) is 29.1 Å². The standard InChI is InChI=1S/C8H12N4O4S/c9-7-6(11-16-12-7)8(13)10-5-1-3-17(14,15)4-2-5/h5H,1-4H2,(H2,9,12)(H,10,13). The Labute approximate surface area is 97.4 Å². The first-order valence-corrected chi connectivity index (χ1v) is 6.89. The van der Waals surface area contributed by atoms with Crippen LogP contribution < -0.4 is 11.1 Å². The smallest absolute Gasteiger partial charge is 0.277 e. The molecule has 94 valence electrons. The molecule has 1 saturated heterocycles. The Hall–Kier alpha value is -1.64. The van der Waals surface area contributed by atoms with Crippen molar-refractivity contribution in [1.29, 1.82) is 0 Å². The third-order valence-electron chi connectivity index (χ3n) is 2.62. The van der Waals surface area contributed by atoms with E-state index in [0.717, 1.165) is 0 Å². The van der Waals surface area contributed by atoms with E-state index in [1.54, 1.807) is 0 Å². The highest BCUT2D eigenvalue weighted by molar-refractivity contribution is 7.91. The number of nitrogens with one attached hydrogen (secondary N) is 1. The number of nitrogens with zero attached hydrogens (tertiary/aromatic N) is 2. The van der Waals surface area contributed by atoms with E-state index >= 15 is 0 Å². The summed E-state index contributed by atoms with van der Waals surface area (Å²) in [6.45, 7) is 0. The molecule has 1 aromatic heterocycles. The highest BCUT2D eigenvalue weighted by Gasteiger charge is 2.26. The van der Waals surface area contributed by atoms with Gasteiger partial charge in [0, 0.05) is 6.04 Å². The summed E-state index contributed by atoms with van der Waals surface area (Å²) in [7, 11) is -2.94. The van der Waals surface area contributed by atoms with Crippen LogP contribution in [0.15, 0.2) is 4.63 Å². The van der Waals surface area contributed by atoms with Crippen molar-refractivity contribution in [3.63, 3.8) is 0 Å². The van der Waals surface area contributed by atoms with Gasteiger partial charge in [-0.25, -0.2) is 13.0 Å². The van der Waals surface area contributed by atoms with Crippen LogP contribution in [-0.4, -0.2) is 42.2 Å². The molecule has 0 spiro atoms. The number of hydrogen-bond acceptors (Lipinski definition) is 7. The number of carbonyl (C=O) groups is 1. The quantitative estimate of drug-likeness (QED) is 0.694. The first-order chi connectivity index (χ1) is 7.98. The van der Waals surface area contributed by atoms with Gasteiger partial charge in [-0.3, -0.25) is 4.79 Å². The SMILES string of the molecule is Nc1nonc1C(=O)NC1CCS(=O)(=O)CC1. The van der Waals surface area contributed by atoms with Crippen LogP contribution in [0, 0.1) is 0 Å². The van der Waals surface area contributed by atoms with Crippen LogP contribution in [0.3, 0.4) is 0 Å². The van der Waals surface area contributed by atoms with Crippen LogP contribution in [-0.2, 0) is 9.84 Å². The highest BCUT2D eigenvalue weighted by atomic mass is 32.2. The minimum atomic E-state index is -2.94. The molecule has 0 unspecified atom stereocenters. The second-order valence-corrected chi connectivity index (χ2v) is 6.20. The molecule has 9 heteroatoms. The second kappa shape index (κ2) is 4.32. The van der Waals surface area contributed by atoms with Gasteiger partial charge in [-0.05, 0) is 23.2 Å². The molecule has 8 nitrogen and oxygen atoms in total. The topological polar surface area (TPSA) is 128 Å². The Morgan fingerprint density at radius 2 is 2.00 bits per heavy atom. The van der Waals surface area contributed by atoms with Crippen LogP contribution in [0.2, 0.25) is 0 Å². The lowest BCUT2D eigenvalue weighted by Gasteiger charge is -2.22. The predicted molar refractivity (Wildman–Crippen MR) is 57.9 cm³/mol. The van der Waals surface area contributed by atoms with Gasteiger partial charge in [-0.15, -0.1) is 0 Å². The first-order valence-electron chi connectivity index (χ1n) is 5.07. The van der Waals surface area contributed by atoms with Gasteiger partial charge in [0.25, 0.3) is 5.91 Å². The second-order valence-electron chi connectivity index (χ2n) is 3.90. The van der Waals surface area contributed by atoms with Gasteiger partial charge in [0.15, 0.2) is 0 Å². The Bertz CT molecular complexity index is 509. The molecule has 1 aliphatic heterocycles. The summed E-state index contributed by atoms with van der Waals surface area (Å²) in [6.07, 6.45) is 0.804. The Balaban J connectivity index is 1.95. The fraction of sp³-hybridized carbons (Fsp3) is 0.625. The van der Waals surface area contributed by atoms with Gasteiger partial charge in [-0.1, -0.05) is 0 Å². The lowest BCUT2D eigenvalue weighted by molar-refractivity contribution is 0.0925. The molecule has 17 heavy (non-hydrogen) atoms. The third kappa shape index (κ3) is 2.73. The molecular weight excluding hydrogens is 248 g/mol. The summed E-state index contributed by atoms with van der Waals surface area (Å²) in [5.41, 5.74) is 5.29. The van der Waals surface area contributed by atoms with E-state index in [4.69, 9.17) is 5.73 Å². The number of amides is 1. The fourth-order valence-electron chi connectivity index (χ4n) is 1.64. The van der Waals surface area contributed by atoms with E-state index in [1.165, 1.54) is 0 Å². The maximum atomic E-state index is 11.7. The van der Waals surface area contributed by atoms with Crippen molar-refractivity contribution in [3.05, 3.63) is 5.69 Å². The van der Waals surface area contributed by atoms with Gasteiger partial charge in [-0.2, -0.15) is 0 Å². The Morgan fingerprint density at radius 3 is 2.53 bits per heavy atom. The zero-order valence-corrected chi connectivity index (χ0v) is 9.74. The van der Waals surface area contributed by atoms with Crippen molar-refractivity contribution in [2.75, 3.05) is 17.2 Å². The zero-order valence-electron chi connectivity index (χ0n) is 8.92. The lowest BCUT2D eigenvalue weighted by atomic mass is 10.1. The van der Waals surface area contributed by atoms with Crippen LogP contribution in [0.25, 0.3) is 0 Å². The molecule has 0 aliphatic carbocycles. The summed E-state index contributed by atoms with van der Waals surface area (Å²) in [6, 6.07) is -0.179. The molecule has 0 aromatic carbocycles. The van der Waals surface area contributed by atoms with Crippen molar-refractivity contribution in [3.8, 4) is 0 Å². The summed E-state index contributed by atoms with van der Waals surface area (Å²) in [5, 5.41) is 9.31. The largest absolute Gasteiger partial charge is 0.379 e. The van der Waals surface area contributed by atoms with Crippen molar-refractivity contribution in [1.82, 2.24) is 15.6 Å². The molecule has 1 aliphatic rings. The molecule has 2 rings (SSSR count). The summed E-state index contributed by atoms with van der Waals surface area (Å²) in [4.78, 5) is 11.7. The minimum Gasteiger partial charge on any atom is -0.379 e. The van der Waals surface area contributed by atoms with Crippen molar-refractivity contribution in [2.24, 2.45) is 0 Å². The van der Waals surface area contributed by atoms with Gasteiger partial charge in [0.2, 0.25) is 11.5 Å². The van der Waals surface area contributed by atoms with Gasteiger partial charge in [0.1, 0.15) is 9.84 Å². The molecule has 2 heterocycles. The molecule has 0 saturated carbocycles. The minimum absolute atomic E-state index is 0.0709. The summed E-state index contributed by atoms with van der Waals surface area (Å²) in [5.74, 6) is -0.395. The Morgan fingerprint density at radius 1 is 1.35 bits per heavy atom. The van der Waals surface area contributed by atoms with Gasteiger partial charge in [0.05, 0.1) is 11.5 Å². The van der Waals surface area contributed by atoms with E-state index < -0.39 is 15.7 Å². The van der Waals surface area contributed by atoms with Crippen LogP contribution >= 0.6 is 0 Å². The lowest BCUT2D eigenvalue weighted by Crippen LogP contribution is -2.41. The average Bonchev–Trinajstić information content (AvgIpc) is 2.68. The number of anilines is 1. The average molecular weight is 260 g/mol. The summed E-state index contributed by atoms with van der Waals surface area (Å²) >= 11 is 0. The maximum absolute atomic E-state index is 11.7. The monoisotopic (exact) mass is 260 g/mol. The number of rotatable bonds is 2. The molecule has 0 bridgehead atoms. The maximum Gasteiger partial charge on any atom is 0.277 e. The molecule has 1 fully saturated rings. The normalized spacial score (nSPS) is 20.0. The Kier molecular flexibility index (Phi) is 3.01. The van der Waals surface area contributed by atoms with Crippen LogP contribution in [0.4, 0.5) is 5.82 Å². The zero-order chi connectivity index (χ0) is 12.5. The van der Waals surface area contributed by atoms with Crippen LogP contribution in [0.1, 0.15) is 23.3 Å². The van der Waals surface area contributed by atoms with Crippen molar-refractivity contribution >= 4 is 21.6 Å². The summed E-state index contributed by atoms with van der Waals surface area (Å²) < 4.78 is 26.7. The molecule has 0 atom stereocenters. The molecular formula is C8H12N4O4S.